The lowest BCUT2D eigenvalue weighted by Crippen LogP contribution is -2.67. The molecular weight excluding hydrogens is 398 g/mol. The molecule has 29 heavy (non-hydrogen) atoms. The zero-order chi connectivity index (χ0) is 20.9. The second kappa shape index (κ2) is 7.47. The largest absolute Gasteiger partial charge is 0.468 e. The minimum atomic E-state index is -0.629. The van der Waals surface area contributed by atoms with Crippen molar-refractivity contribution in [1.29, 1.82) is 0 Å². The number of hydrogen-bond acceptors (Lipinski definition) is 7. The molecule has 1 aromatic carbocycles. The molecule has 0 aliphatic carbocycles. The summed E-state index contributed by atoms with van der Waals surface area (Å²) in [6.07, 6.45) is 0.122. The molecule has 0 aromatic heterocycles. The fourth-order valence-corrected chi connectivity index (χ4v) is 4.56. The van der Waals surface area contributed by atoms with Crippen LogP contribution in [0.15, 0.2) is 18.2 Å². The quantitative estimate of drug-likeness (QED) is 0.723. The number of rotatable bonds is 3. The monoisotopic (exact) mass is 421 g/mol. The lowest BCUT2D eigenvalue weighted by molar-refractivity contribution is -0.149. The maximum absolute atomic E-state index is 13.2. The van der Waals surface area contributed by atoms with Gasteiger partial charge < -0.3 is 14.5 Å². The third-order valence-corrected chi connectivity index (χ3v) is 6.10. The molecule has 156 valence electrons. The molecule has 3 aliphatic rings. The van der Waals surface area contributed by atoms with Crippen LogP contribution in [0.5, 0.6) is 0 Å². The summed E-state index contributed by atoms with van der Waals surface area (Å²) in [6, 6.07) is 4.65. The summed E-state index contributed by atoms with van der Waals surface area (Å²) in [7, 11) is 2.87. The number of urea groups is 1. The molecule has 3 aliphatic heterocycles. The minimum absolute atomic E-state index is 0.256. The van der Waals surface area contributed by atoms with Crippen molar-refractivity contribution in [2.24, 2.45) is 0 Å². The van der Waals surface area contributed by atoms with Crippen molar-refractivity contribution in [2.75, 3.05) is 38.7 Å². The molecule has 3 unspecified atom stereocenters. The third kappa shape index (κ3) is 3.23. The molecule has 3 fully saturated rings. The molecule has 1 N–H and O–H groups in total. The molecule has 3 saturated heterocycles. The zero-order valence-electron chi connectivity index (χ0n) is 16.6. The highest BCUT2D eigenvalue weighted by molar-refractivity contribution is 6.30. The minimum Gasteiger partial charge on any atom is -0.468 e. The number of aryl methyl sites for hydroxylation is 1. The average molecular weight is 422 g/mol. The number of ether oxygens (including phenoxy) is 1. The number of nitrogens with zero attached hydrogens (tertiary/aromatic N) is 4. The first-order chi connectivity index (χ1) is 13.8. The molecule has 3 atom stereocenters. The second-order valence-corrected chi connectivity index (χ2v) is 7.98. The number of anilines is 1. The van der Waals surface area contributed by atoms with Gasteiger partial charge >= 0.3 is 12.0 Å². The van der Waals surface area contributed by atoms with E-state index in [2.05, 4.69) is 19.9 Å². The van der Waals surface area contributed by atoms with Crippen molar-refractivity contribution in [2.45, 2.75) is 31.8 Å². The Morgan fingerprint density at radius 1 is 1.31 bits per heavy atom. The van der Waals surface area contributed by atoms with Gasteiger partial charge in [-0.15, -0.1) is 0 Å². The Balaban J connectivity index is 1.66. The van der Waals surface area contributed by atoms with E-state index in [9.17, 15) is 14.4 Å². The van der Waals surface area contributed by atoms with Crippen LogP contribution in [0.3, 0.4) is 0 Å². The highest BCUT2D eigenvalue weighted by Crippen LogP contribution is 2.35. The molecular formula is C19H24ClN5O4. The SMILES string of the molecule is COC(=O)CN1C(=O)C2C(NC3N(c4cc(Cl)ccc4C)CCCN23)N(C)C1=O. The van der Waals surface area contributed by atoms with Gasteiger partial charge in [-0.05, 0) is 31.0 Å². The van der Waals surface area contributed by atoms with E-state index in [0.29, 0.717) is 11.6 Å². The summed E-state index contributed by atoms with van der Waals surface area (Å²) in [6.45, 7) is 3.13. The molecule has 0 bridgehead atoms. The van der Waals surface area contributed by atoms with Crippen LogP contribution in [0.4, 0.5) is 10.5 Å². The number of amides is 3. The number of carbonyl (C=O) groups is 3. The topological polar surface area (TPSA) is 85.4 Å². The van der Waals surface area contributed by atoms with Gasteiger partial charge in [-0.2, -0.15) is 0 Å². The summed E-state index contributed by atoms with van der Waals surface area (Å²) in [5, 5.41) is 4.08. The van der Waals surface area contributed by atoms with Crippen molar-refractivity contribution in [3.63, 3.8) is 0 Å². The Bertz CT molecular complexity index is 865. The lowest BCUT2D eigenvalue weighted by atomic mass is 10.1. The van der Waals surface area contributed by atoms with Gasteiger partial charge in [-0.25, -0.2) is 4.79 Å². The second-order valence-electron chi connectivity index (χ2n) is 7.54. The zero-order valence-corrected chi connectivity index (χ0v) is 17.3. The number of esters is 1. The maximum Gasteiger partial charge on any atom is 0.328 e. The maximum atomic E-state index is 13.2. The van der Waals surface area contributed by atoms with Crippen molar-refractivity contribution in [3.05, 3.63) is 28.8 Å². The van der Waals surface area contributed by atoms with Crippen LogP contribution < -0.4 is 10.2 Å². The van der Waals surface area contributed by atoms with Gasteiger partial charge in [0.1, 0.15) is 25.0 Å². The van der Waals surface area contributed by atoms with Crippen molar-refractivity contribution >= 4 is 35.2 Å². The van der Waals surface area contributed by atoms with E-state index in [1.54, 1.807) is 7.05 Å². The molecule has 0 radical (unpaired) electrons. The van der Waals surface area contributed by atoms with E-state index in [-0.39, 0.29) is 12.2 Å². The van der Waals surface area contributed by atoms with Crippen LogP contribution in [0.2, 0.25) is 5.02 Å². The predicted octanol–water partition coefficient (Wildman–Crippen LogP) is 0.809. The summed E-state index contributed by atoms with van der Waals surface area (Å²) >= 11 is 6.23. The molecule has 9 nitrogen and oxygen atoms in total. The molecule has 3 heterocycles. The first-order valence-electron chi connectivity index (χ1n) is 9.53. The number of benzene rings is 1. The smallest absolute Gasteiger partial charge is 0.328 e. The first kappa shape index (κ1) is 19.9. The fourth-order valence-electron chi connectivity index (χ4n) is 4.40. The van der Waals surface area contributed by atoms with Crippen LogP contribution in [-0.4, -0.2) is 84.9 Å². The third-order valence-electron chi connectivity index (χ3n) is 5.87. The highest BCUT2D eigenvalue weighted by Gasteiger charge is 2.56. The number of likely N-dealkylation sites (N-methyl/N-ethyl adjacent to an activating group) is 1. The number of methoxy groups -OCH3 is 1. The van der Waals surface area contributed by atoms with Crippen molar-refractivity contribution < 1.29 is 19.1 Å². The number of fused-ring (bicyclic) bond motifs is 3. The van der Waals surface area contributed by atoms with Crippen LogP contribution >= 0.6 is 11.6 Å². The Morgan fingerprint density at radius 3 is 2.79 bits per heavy atom. The molecule has 4 rings (SSSR count). The van der Waals surface area contributed by atoms with Crippen molar-refractivity contribution in [1.82, 2.24) is 20.0 Å². The Morgan fingerprint density at radius 2 is 2.07 bits per heavy atom. The fraction of sp³-hybridized carbons (Fsp3) is 0.526. The van der Waals surface area contributed by atoms with E-state index in [1.807, 2.05) is 25.1 Å². The number of imide groups is 1. The predicted molar refractivity (Wildman–Crippen MR) is 106 cm³/mol. The molecule has 0 spiro atoms. The van der Waals surface area contributed by atoms with Gasteiger partial charge in [-0.1, -0.05) is 17.7 Å². The van der Waals surface area contributed by atoms with Gasteiger partial charge in [0.15, 0.2) is 0 Å². The van der Waals surface area contributed by atoms with E-state index < -0.39 is 30.8 Å². The summed E-state index contributed by atoms with van der Waals surface area (Å²) in [4.78, 5) is 44.3. The summed E-state index contributed by atoms with van der Waals surface area (Å²) < 4.78 is 4.65. The van der Waals surface area contributed by atoms with Crippen LogP contribution in [0.25, 0.3) is 0 Å². The lowest BCUT2D eigenvalue weighted by Gasteiger charge is -2.44. The van der Waals surface area contributed by atoms with E-state index >= 15 is 0 Å². The standard InChI is InChI=1S/C19H24ClN5O4/c1-11-5-6-12(20)9-13(11)23-7-4-8-24-15-16(21-18(23)24)22(2)19(28)25(17(15)27)10-14(26)29-3/h5-6,9,15-16,18,21H,4,7-8,10H2,1-3H3. The summed E-state index contributed by atoms with van der Waals surface area (Å²) in [5.74, 6) is -1.01. The molecule has 1 aromatic rings. The van der Waals surface area contributed by atoms with Gasteiger partial charge in [-0.3, -0.25) is 24.7 Å². The Labute approximate surface area is 174 Å². The van der Waals surface area contributed by atoms with Crippen molar-refractivity contribution in [3.8, 4) is 0 Å². The molecule has 3 amide bonds. The first-order valence-corrected chi connectivity index (χ1v) is 9.91. The van der Waals surface area contributed by atoms with Gasteiger partial charge in [0.25, 0.3) is 5.91 Å². The van der Waals surface area contributed by atoms with Gasteiger partial charge in [0, 0.05) is 30.8 Å². The van der Waals surface area contributed by atoms with E-state index in [1.165, 1.54) is 12.0 Å². The van der Waals surface area contributed by atoms with E-state index in [4.69, 9.17) is 11.6 Å². The van der Waals surface area contributed by atoms with Gasteiger partial charge in [0.2, 0.25) is 0 Å². The van der Waals surface area contributed by atoms with Crippen LogP contribution in [-0.2, 0) is 14.3 Å². The van der Waals surface area contributed by atoms with Crippen LogP contribution in [0.1, 0.15) is 12.0 Å². The molecule has 0 saturated carbocycles. The Hall–Kier alpha value is -2.36. The number of carbonyl (C=O) groups excluding carboxylic acids is 3. The summed E-state index contributed by atoms with van der Waals surface area (Å²) in [5.41, 5.74) is 2.07. The molecule has 10 heteroatoms. The number of nitrogens with one attached hydrogen (secondary N) is 1. The highest BCUT2D eigenvalue weighted by atomic mass is 35.5. The Kier molecular flexibility index (Phi) is 5.14. The average Bonchev–Trinajstić information content (AvgIpc) is 3.11. The normalized spacial score (nSPS) is 27.2. The van der Waals surface area contributed by atoms with Gasteiger partial charge in [0.05, 0.1) is 7.11 Å². The van der Waals surface area contributed by atoms with Crippen LogP contribution in [0, 0.1) is 6.92 Å². The number of halogens is 1. The number of hydrogen-bond donors (Lipinski definition) is 1. The van der Waals surface area contributed by atoms with E-state index in [0.717, 1.165) is 29.1 Å².